The molecule has 17 heavy (non-hydrogen) atoms. The van der Waals surface area contributed by atoms with Crippen LogP contribution in [0.3, 0.4) is 0 Å². The molecular formula is C12H16ClNO3. The van der Waals surface area contributed by atoms with Crippen LogP contribution >= 0.6 is 11.6 Å². The Morgan fingerprint density at radius 3 is 2.41 bits per heavy atom. The Bertz CT molecular complexity index is 323. The summed E-state index contributed by atoms with van der Waals surface area (Å²) >= 11 is 5.81. The fraction of sp³-hybridized carbons (Fsp3) is 0.500. The molecule has 1 fully saturated rings. The highest BCUT2D eigenvalue weighted by Gasteiger charge is 2.15. The van der Waals surface area contributed by atoms with Crippen molar-refractivity contribution in [3.8, 4) is 0 Å². The zero-order chi connectivity index (χ0) is 12.7. The van der Waals surface area contributed by atoms with Gasteiger partial charge in [0.25, 0.3) is 0 Å². The summed E-state index contributed by atoms with van der Waals surface area (Å²) < 4.78 is 5.27. The molecule has 0 aliphatic carbocycles. The third kappa shape index (κ3) is 4.32. The van der Waals surface area contributed by atoms with Gasteiger partial charge in [-0.3, -0.25) is 9.59 Å². The van der Waals surface area contributed by atoms with E-state index >= 15 is 0 Å². The summed E-state index contributed by atoms with van der Waals surface area (Å²) in [6.07, 6.45) is 6.19. The predicted molar refractivity (Wildman–Crippen MR) is 65.8 cm³/mol. The Morgan fingerprint density at radius 2 is 1.88 bits per heavy atom. The highest BCUT2D eigenvalue weighted by Crippen LogP contribution is 2.14. The molecular weight excluding hydrogens is 242 g/mol. The lowest BCUT2D eigenvalue weighted by molar-refractivity contribution is -0.109. The molecule has 0 aromatic carbocycles. The maximum absolute atomic E-state index is 10.5. The molecule has 4 nitrogen and oxygen atoms in total. The van der Waals surface area contributed by atoms with Crippen molar-refractivity contribution in [2.24, 2.45) is 0 Å². The van der Waals surface area contributed by atoms with Crippen molar-refractivity contribution >= 4 is 24.2 Å². The fourth-order valence-electron chi connectivity index (χ4n) is 1.63. The number of nitrogens with zero attached hydrogens (tertiary/aromatic N) is 1. The number of hydrogen-bond acceptors (Lipinski definition) is 4. The summed E-state index contributed by atoms with van der Waals surface area (Å²) in [6.45, 7) is 1.53. The van der Waals surface area contributed by atoms with E-state index in [0.717, 1.165) is 26.1 Å². The summed E-state index contributed by atoms with van der Waals surface area (Å²) in [4.78, 5) is 23.0. The Kier molecular flexibility index (Phi) is 5.94. The molecule has 1 heterocycles. The molecule has 0 bridgehead atoms. The number of carbonyl (C=O) groups is 2. The van der Waals surface area contributed by atoms with Gasteiger partial charge in [0.2, 0.25) is 0 Å². The van der Waals surface area contributed by atoms with E-state index in [1.165, 1.54) is 0 Å². The summed E-state index contributed by atoms with van der Waals surface area (Å²) in [5.74, 6) is 0. The molecule has 0 unspecified atom stereocenters. The first-order chi connectivity index (χ1) is 8.19. The van der Waals surface area contributed by atoms with Crippen molar-refractivity contribution in [1.29, 1.82) is 0 Å². The average molecular weight is 258 g/mol. The number of carbonyl (C=O) groups excluding carboxylic acids is 2. The predicted octanol–water partition coefficient (Wildman–Crippen LogP) is 1.50. The summed E-state index contributed by atoms with van der Waals surface area (Å²) in [5, 5.41) is 0.161. The Morgan fingerprint density at radius 1 is 1.29 bits per heavy atom. The van der Waals surface area contributed by atoms with Gasteiger partial charge in [-0.25, -0.2) is 0 Å². The average Bonchev–Trinajstić information content (AvgIpc) is 2.38. The Hall–Kier alpha value is -1.13. The summed E-state index contributed by atoms with van der Waals surface area (Å²) in [6, 6.07) is 0.417. The third-order valence-corrected chi connectivity index (χ3v) is 3.10. The lowest BCUT2D eigenvalue weighted by Crippen LogP contribution is -2.33. The lowest BCUT2D eigenvalue weighted by Gasteiger charge is -2.30. The molecule has 5 heteroatoms. The fourth-order valence-corrected chi connectivity index (χ4v) is 1.78. The van der Waals surface area contributed by atoms with Crippen molar-refractivity contribution < 1.29 is 14.3 Å². The monoisotopic (exact) mass is 257 g/mol. The minimum absolute atomic E-state index is 0.0386. The van der Waals surface area contributed by atoms with E-state index in [-0.39, 0.29) is 10.6 Å². The SMILES string of the molecule is CN(/C=C\C(Cl)=C(C=O)C=O)C1CCOCC1. The van der Waals surface area contributed by atoms with E-state index in [0.29, 0.717) is 18.6 Å². The van der Waals surface area contributed by atoms with E-state index in [1.807, 2.05) is 11.9 Å². The second kappa shape index (κ2) is 7.25. The maximum Gasteiger partial charge on any atom is 0.154 e. The van der Waals surface area contributed by atoms with Crippen LogP contribution in [0.15, 0.2) is 22.9 Å². The van der Waals surface area contributed by atoms with Gasteiger partial charge >= 0.3 is 0 Å². The van der Waals surface area contributed by atoms with Crippen LogP contribution in [-0.2, 0) is 14.3 Å². The molecule has 0 N–H and O–H groups in total. The van der Waals surface area contributed by atoms with Gasteiger partial charge < -0.3 is 9.64 Å². The Balaban J connectivity index is 2.60. The molecule has 1 rings (SSSR count). The van der Waals surface area contributed by atoms with Crippen molar-refractivity contribution in [3.63, 3.8) is 0 Å². The molecule has 1 aliphatic rings. The van der Waals surface area contributed by atoms with Crippen LogP contribution in [-0.4, -0.2) is 43.8 Å². The third-order valence-electron chi connectivity index (χ3n) is 2.75. The van der Waals surface area contributed by atoms with E-state index in [1.54, 1.807) is 12.3 Å². The van der Waals surface area contributed by atoms with Gasteiger partial charge in [-0.05, 0) is 18.9 Å². The number of aldehydes is 2. The van der Waals surface area contributed by atoms with Gasteiger partial charge in [-0.1, -0.05) is 11.6 Å². The lowest BCUT2D eigenvalue weighted by atomic mass is 10.1. The van der Waals surface area contributed by atoms with Crippen LogP contribution in [0.5, 0.6) is 0 Å². The molecule has 0 atom stereocenters. The van der Waals surface area contributed by atoms with Crippen molar-refractivity contribution in [1.82, 2.24) is 4.90 Å². The molecule has 94 valence electrons. The van der Waals surface area contributed by atoms with Crippen LogP contribution in [0.2, 0.25) is 0 Å². The topological polar surface area (TPSA) is 46.6 Å². The highest BCUT2D eigenvalue weighted by atomic mass is 35.5. The number of allylic oxidation sites excluding steroid dienone is 3. The maximum atomic E-state index is 10.5. The van der Waals surface area contributed by atoms with E-state index in [9.17, 15) is 9.59 Å². The Labute approximate surface area is 106 Å². The second-order valence-corrected chi connectivity index (χ2v) is 4.27. The molecule has 0 amide bonds. The van der Waals surface area contributed by atoms with E-state index < -0.39 is 0 Å². The van der Waals surface area contributed by atoms with Crippen LogP contribution in [0, 0.1) is 0 Å². The zero-order valence-corrected chi connectivity index (χ0v) is 10.5. The quantitative estimate of drug-likeness (QED) is 0.246. The molecule has 0 saturated carbocycles. The largest absolute Gasteiger partial charge is 0.381 e. The van der Waals surface area contributed by atoms with Crippen LogP contribution in [0.25, 0.3) is 0 Å². The number of hydrogen-bond donors (Lipinski definition) is 0. The van der Waals surface area contributed by atoms with Crippen LogP contribution in [0.4, 0.5) is 0 Å². The van der Waals surface area contributed by atoms with Crippen LogP contribution < -0.4 is 0 Å². The summed E-state index contributed by atoms with van der Waals surface area (Å²) in [7, 11) is 1.94. The first kappa shape index (κ1) is 13.9. The standard InChI is InChI=1S/C12H16ClNO3/c1-14(11-3-6-17-7-4-11)5-2-12(13)10(8-15)9-16/h2,5,8-9,11H,3-4,6-7H2,1H3/b5-2-. The van der Waals surface area contributed by atoms with Crippen LogP contribution in [0.1, 0.15) is 12.8 Å². The van der Waals surface area contributed by atoms with Crippen molar-refractivity contribution in [2.75, 3.05) is 20.3 Å². The van der Waals surface area contributed by atoms with E-state index in [4.69, 9.17) is 16.3 Å². The van der Waals surface area contributed by atoms with Gasteiger partial charge in [-0.2, -0.15) is 0 Å². The van der Waals surface area contributed by atoms with Gasteiger partial charge in [0.05, 0.1) is 10.6 Å². The zero-order valence-electron chi connectivity index (χ0n) is 9.77. The number of halogens is 1. The van der Waals surface area contributed by atoms with Crippen molar-refractivity contribution in [3.05, 3.63) is 22.9 Å². The van der Waals surface area contributed by atoms with Gasteiger partial charge in [0.1, 0.15) is 0 Å². The number of ether oxygens (including phenoxy) is 1. The van der Waals surface area contributed by atoms with Gasteiger partial charge in [-0.15, -0.1) is 0 Å². The van der Waals surface area contributed by atoms with Gasteiger partial charge in [0.15, 0.2) is 12.6 Å². The minimum Gasteiger partial charge on any atom is -0.381 e. The van der Waals surface area contributed by atoms with E-state index in [2.05, 4.69) is 0 Å². The molecule has 0 spiro atoms. The minimum atomic E-state index is -0.0386. The van der Waals surface area contributed by atoms with Crippen molar-refractivity contribution in [2.45, 2.75) is 18.9 Å². The molecule has 0 aromatic heterocycles. The molecule has 1 aliphatic heterocycles. The molecule has 0 radical (unpaired) electrons. The second-order valence-electron chi connectivity index (χ2n) is 3.86. The van der Waals surface area contributed by atoms with Gasteiger partial charge in [0, 0.05) is 32.5 Å². The molecule has 1 saturated heterocycles. The summed E-state index contributed by atoms with van der Waals surface area (Å²) in [5.41, 5.74) is -0.0386. The first-order valence-corrected chi connectivity index (χ1v) is 5.85. The highest BCUT2D eigenvalue weighted by molar-refractivity contribution is 6.34. The normalized spacial score (nSPS) is 16.8. The molecule has 0 aromatic rings. The number of rotatable bonds is 5. The first-order valence-electron chi connectivity index (χ1n) is 5.47. The smallest absolute Gasteiger partial charge is 0.154 e.